The molecule has 1 aliphatic heterocycles. The predicted molar refractivity (Wildman–Crippen MR) is 151 cm³/mol. The maximum Gasteiger partial charge on any atom is 0.251 e. The van der Waals surface area contributed by atoms with Crippen LogP contribution in [0.2, 0.25) is 0 Å². The van der Waals surface area contributed by atoms with E-state index in [-0.39, 0.29) is 28.8 Å². The van der Waals surface area contributed by atoms with Gasteiger partial charge in [0.05, 0.1) is 26.8 Å². The molecule has 1 aromatic heterocycles. The number of hydrogen-bond acceptors (Lipinski definition) is 5. The zero-order chi connectivity index (χ0) is 27.7. The fraction of sp³-hybridized carbons (Fsp3) is 0.600. The third-order valence-corrected chi connectivity index (χ3v) is 9.98. The monoisotopic (exact) mass is 541 g/mol. The molecule has 1 aliphatic carbocycles. The van der Waals surface area contributed by atoms with Gasteiger partial charge in [-0.05, 0) is 24.3 Å². The number of nitrogens with one attached hydrogen (secondary N) is 1. The Morgan fingerprint density at radius 3 is 2.45 bits per heavy atom. The Balaban J connectivity index is 1.54. The van der Waals surface area contributed by atoms with E-state index in [1.807, 2.05) is 56.0 Å². The molecular weight excluding hydrogens is 498 g/mol. The van der Waals surface area contributed by atoms with E-state index in [9.17, 15) is 18.9 Å². The van der Waals surface area contributed by atoms with Gasteiger partial charge in [-0.2, -0.15) is 0 Å². The summed E-state index contributed by atoms with van der Waals surface area (Å²) in [6.45, 7) is 6.76. The van der Waals surface area contributed by atoms with Crippen LogP contribution in [0.3, 0.4) is 0 Å². The maximum atomic E-state index is 13.3. The first kappa shape index (κ1) is 28.6. The molecule has 2 unspecified atom stereocenters. The summed E-state index contributed by atoms with van der Waals surface area (Å²) in [5.41, 5.74) is -1.03. The quantitative estimate of drug-likeness (QED) is 0.506. The number of benzene rings is 1. The molecule has 1 saturated carbocycles. The van der Waals surface area contributed by atoms with Crippen LogP contribution in [-0.4, -0.2) is 49.6 Å². The lowest BCUT2D eigenvalue weighted by Gasteiger charge is -2.51. The highest BCUT2D eigenvalue weighted by Gasteiger charge is 2.49. The van der Waals surface area contributed by atoms with Crippen LogP contribution in [-0.2, 0) is 21.1 Å². The summed E-state index contributed by atoms with van der Waals surface area (Å²) in [7, 11) is -3.15. The molecule has 1 amide bonds. The van der Waals surface area contributed by atoms with Crippen LogP contribution in [0.25, 0.3) is 11.1 Å². The molecule has 4 rings (SSSR count). The fourth-order valence-electron chi connectivity index (χ4n) is 6.29. The van der Waals surface area contributed by atoms with Gasteiger partial charge in [-0.15, -0.1) is 0 Å². The molecule has 7 nitrogen and oxygen atoms in total. The molecule has 2 aromatic rings. The first-order valence-corrected chi connectivity index (χ1v) is 15.8. The number of aromatic nitrogens is 1. The summed E-state index contributed by atoms with van der Waals surface area (Å²) in [4.78, 5) is 28.7. The zero-order valence-corrected chi connectivity index (χ0v) is 24.1. The number of rotatable bonds is 7. The van der Waals surface area contributed by atoms with Crippen LogP contribution >= 0.6 is 0 Å². The summed E-state index contributed by atoms with van der Waals surface area (Å²) in [5.74, 6) is 0.742. The van der Waals surface area contributed by atoms with Gasteiger partial charge in [0, 0.05) is 48.5 Å². The van der Waals surface area contributed by atoms with Crippen LogP contribution in [0, 0.1) is 22.0 Å². The third kappa shape index (κ3) is 6.07. The zero-order valence-electron chi connectivity index (χ0n) is 23.2. The number of amides is 1. The maximum absolute atomic E-state index is 13.3. The Hall–Kier alpha value is -2.45. The standard InChI is InChI=1S/C30H43N3O4S/c1-22(17-23-11-7-5-8-12-23)28(35)32-16-15-30(36,29(2,3)20-32)21-33-19-26(38(4,31)37)25(18-27(33)34)24-13-9-6-10-14-24/h6,9-10,13-14,18-19,22-23,31,36H,5,7-8,11-12,15-17,20-21H2,1-4H3/t22-,30?,38?/m1/s1. The number of pyridine rings is 1. The third-order valence-electron chi connectivity index (χ3n) is 8.81. The molecule has 0 radical (unpaired) electrons. The van der Waals surface area contributed by atoms with E-state index in [0.29, 0.717) is 31.0 Å². The highest BCUT2D eigenvalue weighted by atomic mass is 32.2. The van der Waals surface area contributed by atoms with Gasteiger partial charge in [-0.25, -0.2) is 8.99 Å². The first-order valence-electron chi connectivity index (χ1n) is 13.9. The van der Waals surface area contributed by atoms with Crippen molar-refractivity contribution >= 4 is 15.6 Å². The van der Waals surface area contributed by atoms with E-state index >= 15 is 0 Å². The molecule has 38 heavy (non-hydrogen) atoms. The molecule has 2 aliphatic rings. The van der Waals surface area contributed by atoms with Crippen molar-refractivity contribution in [3.8, 4) is 11.1 Å². The van der Waals surface area contributed by atoms with E-state index in [1.54, 1.807) is 0 Å². The molecule has 2 fully saturated rings. The van der Waals surface area contributed by atoms with Gasteiger partial charge in [0.1, 0.15) is 0 Å². The van der Waals surface area contributed by atoms with Gasteiger partial charge in [-0.1, -0.05) is 83.2 Å². The topological polar surface area (TPSA) is 103 Å². The second kappa shape index (κ2) is 11.0. The summed E-state index contributed by atoms with van der Waals surface area (Å²) in [5, 5.41) is 11.8. The van der Waals surface area contributed by atoms with Gasteiger partial charge < -0.3 is 14.6 Å². The summed E-state index contributed by atoms with van der Waals surface area (Å²) in [6, 6.07) is 10.6. The molecule has 8 heteroatoms. The molecule has 1 aromatic carbocycles. The largest absolute Gasteiger partial charge is 0.387 e. The average Bonchev–Trinajstić information content (AvgIpc) is 2.87. The SMILES string of the molecule is C[C@H](CC1CCCCC1)C(=O)N1CCC(O)(Cn2cc(S(C)(=N)=O)c(-c3ccccc3)cc2=O)C(C)(C)C1. The number of likely N-dealkylation sites (tertiary alicyclic amines) is 1. The van der Waals surface area contributed by atoms with Crippen molar-refractivity contribution in [3.63, 3.8) is 0 Å². The van der Waals surface area contributed by atoms with Gasteiger partial charge in [0.2, 0.25) is 5.91 Å². The Kier molecular flexibility index (Phi) is 8.24. The highest BCUT2D eigenvalue weighted by molar-refractivity contribution is 7.91. The number of aliphatic hydroxyl groups is 1. The first-order chi connectivity index (χ1) is 17.8. The minimum Gasteiger partial charge on any atom is -0.387 e. The summed E-state index contributed by atoms with van der Waals surface area (Å²) in [6.07, 6.45) is 10.3. The molecule has 208 valence electrons. The Labute approximate surface area is 227 Å². The van der Waals surface area contributed by atoms with Crippen molar-refractivity contribution in [2.45, 2.75) is 82.8 Å². The number of nitrogens with zero attached hydrogens (tertiary/aromatic N) is 2. The van der Waals surface area contributed by atoms with E-state index < -0.39 is 20.7 Å². The summed E-state index contributed by atoms with van der Waals surface area (Å²) < 4.78 is 22.6. The van der Waals surface area contributed by atoms with Crippen LogP contribution in [0.4, 0.5) is 0 Å². The molecular formula is C30H43N3O4S. The lowest BCUT2D eigenvalue weighted by molar-refractivity contribution is -0.157. The van der Waals surface area contributed by atoms with Crippen LogP contribution in [0.1, 0.15) is 65.7 Å². The Morgan fingerprint density at radius 2 is 1.84 bits per heavy atom. The van der Waals surface area contributed by atoms with Gasteiger partial charge in [0.25, 0.3) is 5.56 Å². The van der Waals surface area contributed by atoms with Crippen LogP contribution in [0.5, 0.6) is 0 Å². The number of piperidine rings is 1. The van der Waals surface area contributed by atoms with Crippen molar-refractivity contribution in [1.82, 2.24) is 9.47 Å². The number of hydrogen-bond donors (Lipinski definition) is 2. The van der Waals surface area contributed by atoms with E-state index in [1.165, 1.54) is 55.2 Å². The number of carbonyl (C=O) groups is 1. The van der Waals surface area contributed by atoms with Crippen molar-refractivity contribution in [3.05, 3.63) is 52.9 Å². The average molecular weight is 542 g/mol. The molecule has 2 N–H and O–H groups in total. The minimum atomic E-state index is -3.15. The lowest BCUT2D eigenvalue weighted by atomic mass is 9.69. The summed E-state index contributed by atoms with van der Waals surface area (Å²) >= 11 is 0. The predicted octanol–water partition coefficient (Wildman–Crippen LogP) is 5.15. The van der Waals surface area contributed by atoms with Gasteiger partial charge in [-0.3, -0.25) is 9.59 Å². The van der Waals surface area contributed by atoms with E-state index in [4.69, 9.17) is 4.78 Å². The Morgan fingerprint density at radius 1 is 1.18 bits per heavy atom. The van der Waals surface area contributed by atoms with Crippen LogP contribution < -0.4 is 5.56 Å². The smallest absolute Gasteiger partial charge is 0.251 e. The van der Waals surface area contributed by atoms with Gasteiger partial charge >= 0.3 is 0 Å². The molecule has 2 heterocycles. The molecule has 3 atom stereocenters. The highest BCUT2D eigenvalue weighted by Crippen LogP contribution is 2.41. The van der Waals surface area contributed by atoms with Crippen molar-refractivity contribution in [2.75, 3.05) is 19.3 Å². The normalized spacial score (nSPS) is 24.5. The second-order valence-corrected chi connectivity index (χ2v) is 14.4. The lowest BCUT2D eigenvalue weighted by Crippen LogP contribution is -2.61. The molecule has 1 saturated heterocycles. The Bertz CT molecular complexity index is 1310. The molecule has 0 spiro atoms. The van der Waals surface area contributed by atoms with Gasteiger partial charge in [0.15, 0.2) is 0 Å². The van der Waals surface area contributed by atoms with Crippen molar-refractivity contribution in [1.29, 1.82) is 4.78 Å². The van der Waals surface area contributed by atoms with Crippen molar-refractivity contribution < 1.29 is 14.1 Å². The van der Waals surface area contributed by atoms with Crippen LogP contribution in [0.15, 0.2) is 52.3 Å². The number of carbonyl (C=O) groups excluding carboxylic acids is 1. The second-order valence-electron chi connectivity index (χ2n) is 12.3. The molecule has 0 bridgehead atoms. The van der Waals surface area contributed by atoms with E-state index in [0.717, 1.165) is 12.0 Å². The van der Waals surface area contributed by atoms with Crippen molar-refractivity contribution in [2.24, 2.45) is 17.3 Å². The minimum absolute atomic E-state index is 0.0100. The fourth-order valence-corrected chi connectivity index (χ4v) is 7.21. The van der Waals surface area contributed by atoms with E-state index in [2.05, 4.69) is 0 Å².